The summed E-state index contributed by atoms with van der Waals surface area (Å²) in [6.45, 7) is 1.96. The number of rotatable bonds is 3. The molecule has 0 heterocycles. The predicted octanol–water partition coefficient (Wildman–Crippen LogP) is 4.87. The Hall–Kier alpha value is -0.590. The van der Waals surface area contributed by atoms with Crippen molar-refractivity contribution in [3.63, 3.8) is 0 Å². The Balaban J connectivity index is 2.26. The third-order valence-corrected chi connectivity index (χ3v) is 4.10. The van der Waals surface area contributed by atoms with E-state index in [4.69, 9.17) is 10.5 Å². The fourth-order valence-corrected chi connectivity index (χ4v) is 2.81. The summed E-state index contributed by atoms with van der Waals surface area (Å²) in [6, 6.07) is 13.8. The van der Waals surface area contributed by atoms with Crippen molar-refractivity contribution in [1.82, 2.24) is 0 Å². The van der Waals surface area contributed by atoms with Gasteiger partial charge in [0.2, 0.25) is 0 Å². The van der Waals surface area contributed by atoms with E-state index >= 15 is 0 Å². The second-order valence-electron chi connectivity index (χ2n) is 4.00. The van der Waals surface area contributed by atoms with Crippen LogP contribution in [0.1, 0.15) is 18.5 Å². The summed E-state index contributed by atoms with van der Waals surface area (Å²) in [6.07, 6.45) is 0. The molecular weight excluding hydrogens is 405 g/mol. The lowest BCUT2D eigenvalue weighted by molar-refractivity contribution is 0.478. The Morgan fingerprint density at radius 2 is 1.94 bits per heavy atom. The number of nitrogens with two attached hydrogens (primary N) is 1. The van der Waals surface area contributed by atoms with Gasteiger partial charge >= 0.3 is 0 Å². The van der Waals surface area contributed by atoms with Crippen LogP contribution >= 0.6 is 38.5 Å². The fraction of sp³-hybridized carbons (Fsp3) is 0.143. The lowest BCUT2D eigenvalue weighted by Gasteiger charge is -2.12. The minimum atomic E-state index is 0.00489. The molecule has 0 bridgehead atoms. The standard InChI is InChI=1S/C14H13BrINO/c1-9(17)11-7-6-10(8-12(11)15)18-14-5-3-2-4-13(14)16/h2-9H,17H2,1H3/t9-/m1/s1. The number of para-hydroxylation sites is 1. The predicted molar refractivity (Wildman–Crippen MR) is 86.0 cm³/mol. The highest BCUT2D eigenvalue weighted by Crippen LogP contribution is 2.31. The van der Waals surface area contributed by atoms with Crippen molar-refractivity contribution in [1.29, 1.82) is 0 Å². The summed E-state index contributed by atoms with van der Waals surface area (Å²) in [5, 5.41) is 0. The van der Waals surface area contributed by atoms with Gasteiger partial charge in [0.15, 0.2) is 0 Å². The molecule has 1 atom stereocenters. The Bertz CT molecular complexity index is 557. The number of benzene rings is 2. The molecule has 4 heteroatoms. The summed E-state index contributed by atoms with van der Waals surface area (Å²) in [7, 11) is 0. The second kappa shape index (κ2) is 6.04. The van der Waals surface area contributed by atoms with E-state index in [0.717, 1.165) is 25.1 Å². The van der Waals surface area contributed by atoms with Crippen LogP contribution < -0.4 is 10.5 Å². The van der Waals surface area contributed by atoms with Gasteiger partial charge in [0.25, 0.3) is 0 Å². The molecule has 18 heavy (non-hydrogen) atoms. The molecule has 94 valence electrons. The van der Waals surface area contributed by atoms with Gasteiger partial charge in [0, 0.05) is 10.5 Å². The third kappa shape index (κ3) is 3.24. The maximum Gasteiger partial charge on any atom is 0.140 e. The molecule has 0 saturated carbocycles. The van der Waals surface area contributed by atoms with Crippen molar-refractivity contribution in [2.24, 2.45) is 5.73 Å². The normalized spacial score (nSPS) is 12.2. The van der Waals surface area contributed by atoms with Gasteiger partial charge in [-0.15, -0.1) is 0 Å². The summed E-state index contributed by atoms with van der Waals surface area (Å²) >= 11 is 5.77. The zero-order chi connectivity index (χ0) is 13.1. The first-order chi connectivity index (χ1) is 8.58. The van der Waals surface area contributed by atoms with Crippen LogP contribution in [0.2, 0.25) is 0 Å². The summed E-state index contributed by atoms with van der Waals surface area (Å²) in [5.74, 6) is 1.66. The molecule has 0 spiro atoms. The quantitative estimate of drug-likeness (QED) is 0.723. The highest BCUT2D eigenvalue weighted by Gasteiger charge is 2.07. The molecule has 0 aliphatic heterocycles. The van der Waals surface area contributed by atoms with Crippen LogP contribution in [0.15, 0.2) is 46.9 Å². The van der Waals surface area contributed by atoms with E-state index in [1.54, 1.807) is 0 Å². The second-order valence-corrected chi connectivity index (χ2v) is 6.02. The molecule has 2 N–H and O–H groups in total. The fourth-order valence-electron chi connectivity index (χ4n) is 1.60. The molecule has 2 nitrogen and oxygen atoms in total. The Kier molecular flexibility index (Phi) is 4.64. The topological polar surface area (TPSA) is 35.2 Å². The molecule has 0 amide bonds. The smallest absolute Gasteiger partial charge is 0.140 e. The first-order valence-corrected chi connectivity index (χ1v) is 7.42. The minimum absolute atomic E-state index is 0.00489. The molecule has 0 unspecified atom stereocenters. The van der Waals surface area contributed by atoms with E-state index in [-0.39, 0.29) is 6.04 Å². The van der Waals surface area contributed by atoms with Crippen molar-refractivity contribution in [3.8, 4) is 11.5 Å². The molecule has 0 aliphatic carbocycles. The Morgan fingerprint density at radius 1 is 1.22 bits per heavy atom. The lowest BCUT2D eigenvalue weighted by Crippen LogP contribution is -2.05. The number of halogens is 2. The summed E-state index contributed by atoms with van der Waals surface area (Å²) in [4.78, 5) is 0. The van der Waals surface area contributed by atoms with E-state index in [1.807, 2.05) is 49.4 Å². The van der Waals surface area contributed by atoms with Crippen molar-refractivity contribution < 1.29 is 4.74 Å². The highest BCUT2D eigenvalue weighted by molar-refractivity contribution is 14.1. The molecule has 0 saturated heterocycles. The largest absolute Gasteiger partial charge is 0.456 e. The van der Waals surface area contributed by atoms with E-state index < -0.39 is 0 Å². The highest BCUT2D eigenvalue weighted by atomic mass is 127. The third-order valence-electron chi connectivity index (χ3n) is 2.53. The van der Waals surface area contributed by atoms with Crippen LogP contribution in [-0.2, 0) is 0 Å². The lowest BCUT2D eigenvalue weighted by atomic mass is 10.1. The molecule has 2 rings (SSSR count). The monoisotopic (exact) mass is 417 g/mol. The van der Waals surface area contributed by atoms with Gasteiger partial charge in [0.05, 0.1) is 3.57 Å². The van der Waals surface area contributed by atoms with Crippen LogP contribution in [-0.4, -0.2) is 0 Å². The Labute approximate surface area is 129 Å². The number of hydrogen-bond acceptors (Lipinski definition) is 2. The molecule has 2 aromatic rings. The van der Waals surface area contributed by atoms with Gasteiger partial charge in [0.1, 0.15) is 11.5 Å². The van der Waals surface area contributed by atoms with E-state index in [0.29, 0.717) is 0 Å². The minimum Gasteiger partial charge on any atom is -0.456 e. The Morgan fingerprint density at radius 3 is 2.56 bits per heavy atom. The number of ether oxygens (including phenoxy) is 1. The van der Waals surface area contributed by atoms with Crippen molar-refractivity contribution in [3.05, 3.63) is 56.1 Å². The number of hydrogen-bond donors (Lipinski definition) is 1. The maximum atomic E-state index is 5.87. The molecule has 2 aromatic carbocycles. The van der Waals surface area contributed by atoms with E-state index in [1.165, 1.54) is 0 Å². The average Bonchev–Trinajstić information content (AvgIpc) is 2.32. The molecule has 0 aromatic heterocycles. The first-order valence-electron chi connectivity index (χ1n) is 5.55. The van der Waals surface area contributed by atoms with Crippen molar-refractivity contribution in [2.45, 2.75) is 13.0 Å². The van der Waals surface area contributed by atoms with E-state index in [9.17, 15) is 0 Å². The zero-order valence-corrected chi connectivity index (χ0v) is 13.6. The summed E-state index contributed by atoms with van der Waals surface area (Å²) < 4.78 is 7.91. The summed E-state index contributed by atoms with van der Waals surface area (Å²) in [5.41, 5.74) is 6.94. The van der Waals surface area contributed by atoms with Gasteiger partial charge < -0.3 is 10.5 Å². The van der Waals surface area contributed by atoms with Crippen LogP contribution in [0.25, 0.3) is 0 Å². The SMILES string of the molecule is C[C@@H](N)c1ccc(Oc2ccccc2I)cc1Br. The molecule has 0 radical (unpaired) electrons. The molecule has 0 fully saturated rings. The van der Waals surface area contributed by atoms with Crippen LogP contribution in [0.4, 0.5) is 0 Å². The van der Waals surface area contributed by atoms with Crippen LogP contribution in [0.5, 0.6) is 11.5 Å². The average molecular weight is 418 g/mol. The van der Waals surface area contributed by atoms with Crippen molar-refractivity contribution >= 4 is 38.5 Å². The van der Waals surface area contributed by atoms with Gasteiger partial charge in [-0.2, -0.15) is 0 Å². The van der Waals surface area contributed by atoms with Gasteiger partial charge in [-0.05, 0) is 59.3 Å². The zero-order valence-electron chi connectivity index (χ0n) is 9.86. The van der Waals surface area contributed by atoms with Gasteiger partial charge in [-0.1, -0.05) is 34.1 Å². The molecule has 0 aliphatic rings. The van der Waals surface area contributed by atoms with E-state index in [2.05, 4.69) is 38.5 Å². The molecular formula is C14H13BrINO. The van der Waals surface area contributed by atoms with Crippen molar-refractivity contribution in [2.75, 3.05) is 0 Å². The van der Waals surface area contributed by atoms with Gasteiger partial charge in [-0.25, -0.2) is 0 Å². The van der Waals surface area contributed by atoms with Crippen LogP contribution in [0, 0.1) is 3.57 Å². The van der Waals surface area contributed by atoms with Gasteiger partial charge in [-0.3, -0.25) is 0 Å². The first kappa shape index (κ1) is 13.8. The van der Waals surface area contributed by atoms with Crippen LogP contribution in [0.3, 0.4) is 0 Å². The maximum absolute atomic E-state index is 5.87.